The van der Waals surface area contributed by atoms with Crippen molar-refractivity contribution in [2.75, 3.05) is 0 Å². The fourth-order valence-corrected chi connectivity index (χ4v) is 1.77. The van der Waals surface area contributed by atoms with Gasteiger partial charge in [0, 0.05) is 23.9 Å². The first kappa shape index (κ1) is 13.3. The molecule has 0 saturated heterocycles. The number of pyridine rings is 1. The molecule has 98 valence electrons. The first-order chi connectivity index (χ1) is 9.20. The van der Waals surface area contributed by atoms with Crippen molar-refractivity contribution in [2.24, 2.45) is 0 Å². The Balaban J connectivity index is 2.14. The van der Waals surface area contributed by atoms with Gasteiger partial charge in [-0.05, 0) is 18.2 Å². The van der Waals surface area contributed by atoms with Gasteiger partial charge in [0.1, 0.15) is 12.4 Å². The molecule has 0 aliphatic heterocycles. The van der Waals surface area contributed by atoms with Crippen LogP contribution in [0.3, 0.4) is 0 Å². The lowest BCUT2D eigenvalue weighted by Gasteiger charge is -2.09. The molecule has 5 nitrogen and oxygen atoms in total. The quantitative estimate of drug-likeness (QED) is 0.478. The predicted octanol–water partition coefficient (Wildman–Crippen LogP) is 3.31. The standard InChI is InChI=1S/C13H11ClN2O3/c14-8-10-7-12(16(17)18)4-5-13(10)19-9-11-3-1-2-6-15-11/h1-7H,8-9H2. The Hall–Kier alpha value is -2.14. The Morgan fingerprint density at radius 2 is 2.16 bits per heavy atom. The Morgan fingerprint density at radius 1 is 1.32 bits per heavy atom. The average molecular weight is 279 g/mol. The van der Waals surface area contributed by atoms with Gasteiger partial charge in [-0.2, -0.15) is 0 Å². The zero-order valence-corrected chi connectivity index (χ0v) is 10.7. The van der Waals surface area contributed by atoms with Gasteiger partial charge >= 0.3 is 0 Å². The Labute approximate surface area is 115 Å². The van der Waals surface area contributed by atoms with Gasteiger partial charge in [0.25, 0.3) is 5.69 Å². The smallest absolute Gasteiger partial charge is 0.270 e. The van der Waals surface area contributed by atoms with E-state index in [0.29, 0.717) is 17.9 Å². The van der Waals surface area contributed by atoms with Gasteiger partial charge in [0.2, 0.25) is 0 Å². The van der Waals surface area contributed by atoms with Crippen molar-refractivity contribution in [2.45, 2.75) is 12.5 Å². The molecule has 6 heteroatoms. The van der Waals surface area contributed by atoms with E-state index in [1.807, 2.05) is 18.2 Å². The van der Waals surface area contributed by atoms with E-state index in [9.17, 15) is 10.1 Å². The summed E-state index contributed by atoms with van der Waals surface area (Å²) in [6.07, 6.45) is 1.68. The molecule has 0 aliphatic rings. The van der Waals surface area contributed by atoms with Crippen LogP contribution >= 0.6 is 11.6 Å². The summed E-state index contributed by atoms with van der Waals surface area (Å²) >= 11 is 5.77. The van der Waals surface area contributed by atoms with Gasteiger partial charge in [-0.25, -0.2) is 0 Å². The first-order valence-corrected chi connectivity index (χ1v) is 6.10. The highest BCUT2D eigenvalue weighted by molar-refractivity contribution is 6.17. The fraction of sp³-hybridized carbons (Fsp3) is 0.154. The number of nitrogens with zero attached hydrogens (tertiary/aromatic N) is 2. The van der Waals surface area contributed by atoms with E-state index in [1.54, 1.807) is 12.3 Å². The number of alkyl halides is 1. The lowest BCUT2D eigenvalue weighted by Crippen LogP contribution is -2.00. The lowest BCUT2D eigenvalue weighted by molar-refractivity contribution is -0.384. The molecule has 0 bridgehead atoms. The largest absolute Gasteiger partial charge is 0.487 e. The van der Waals surface area contributed by atoms with E-state index < -0.39 is 4.92 Å². The number of hydrogen-bond donors (Lipinski definition) is 0. The average Bonchev–Trinajstić information content (AvgIpc) is 2.45. The molecule has 1 aromatic carbocycles. The number of benzene rings is 1. The highest BCUT2D eigenvalue weighted by atomic mass is 35.5. The lowest BCUT2D eigenvalue weighted by atomic mass is 10.2. The SMILES string of the molecule is O=[N+]([O-])c1ccc(OCc2ccccn2)c(CCl)c1. The summed E-state index contributed by atoms with van der Waals surface area (Å²) in [4.78, 5) is 14.3. The van der Waals surface area contributed by atoms with Gasteiger partial charge in [-0.15, -0.1) is 11.6 Å². The summed E-state index contributed by atoms with van der Waals surface area (Å²) in [5.41, 5.74) is 1.37. The van der Waals surface area contributed by atoms with E-state index in [1.165, 1.54) is 12.1 Å². The van der Waals surface area contributed by atoms with E-state index in [0.717, 1.165) is 5.69 Å². The van der Waals surface area contributed by atoms with Crippen molar-refractivity contribution in [1.29, 1.82) is 0 Å². The highest BCUT2D eigenvalue weighted by Crippen LogP contribution is 2.26. The Morgan fingerprint density at radius 3 is 2.79 bits per heavy atom. The fourth-order valence-electron chi connectivity index (χ4n) is 1.56. The molecule has 1 heterocycles. The van der Waals surface area contributed by atoms with E-state index in [4.69, 9.17) is 16.3 Å². The molecule has 2 rings (SSSR count). The van der Waals surface area contributed by atoms with Crippen LogP contribution in [0.1, 0.15) is 11.3 Å². The monoisotopic (exact) mass is 278 g/mol. The number of ether oxygens (including phenoxy) is 1. The molecule has 0 radical (unpaired) electrons. The van der Waals surface area contributed by atoms with Gasteiger partial charge in [-0.3, -0.25) is 15.1 Å². The molecule has 0 fully saturated rings. The molecule has 0 saturated carbocycles. The summed E-state index contributed by atoms with van der Waals surface area (Å²) < 4.78 is 5.58. The maximum Gasteiger partial charge on any atom is 0.270 e. The van der Waals surface area contributed by atoms with E-state index >= 15 is 0 Å². The third-order valence-corrected chi connectivity index (χ3v) is 2.79. The van der Waals surface area contributed by atoms with Crippen molar-refractivity contribution in [1.82, 2.24) is 4.98 Å². The normalized spacial score (nSPS) is 10.2. The minimum Gasteiger partial charge on any atom is -0.487 e. The summed E-state index contributed by atoms with van der Waals surface area (Å²) in [5.74, 6) is 0.686. The maximum absolute atomic E-state index is 10.7. The summed E-state index contributed by atoms with van der Waals surface area (Å²) in [7, 11) is 0. The molecule has 1 aromatic heterocycles. The van der Waals surface area contributed by atoms with E-state index in [2.05, 4.69) is 4.98 Å². The van der Waals surface area contributed by atoms with Crippen LogP contribution in [0.5, 0.6) is 5.75 Å². The topological polar surface area (TPSA) is 65.3 Å². The van der Waals surface area contributed by atoms with Crippen molar-refractivity contribution < 1.29 is 9.66 Å². The molecule has 0 N–H and O–H groups in total. The molecule has 2 aromatic rings. The van der Waals surface area contributed by atoms with Crippen LogP contribution in [0.2, 0.25) is 0 Å². The van der Waals surface area contributed by atoms with Gasteiger partial charge in [-0.1, -0.05) is 6.07 Å². The molecule has 0 atom stereocenters. The number of nitro groups is 1. The summed E-state index contributed by atoms with van der Waals surface area (Å²) in [6.45, 7) is 0.294. The third-order valence-electron chi connectivity index (χ3n) is 2.50. The minimum absolute atomic E-state index is 0.000774. The second-order valence-electron chi connectivity index (χ2n) is 3.79. The molecular formula is C13H11ClN2O3. The number of halogens is 1. The molecule has 0 spiro atoms. The van der Waals surface area contributed by atoms with Crippen LogP contribution in [0.4, 0.5) is 5.69 Å². The third kappa shape index (κ3) is 3.42. The van der Waals surface area contributed by atoms with Crippen LogP contribution in [0.25, 0.3) is 0 Å². The number of hydrogen-bond acceptors (Lipinski definition) is 4. The van der Waals surface area contributed by atoms with Crippen molar-refractivity contribution in [3.63, 3.8) is 0 Å². The summed E-state index contributed by atoms with van der Waals surface area (Å²) in [6, 6.07) is 9.89. The van der Waals surface area contributed by atoms with Gasteiger partial charge < -0.3 is 4.74 Å². The number of nitro benzene ring substituents is 1. The predicted molar refractivity (Wildman–Crippen MR) is 71.2 cm³/mol. The van der Waals surface area contributed by atoms with Crippen LogP contribution in [0.15, 0.2) is 42.6 Å². The molecule has 0 amide bonds. The molecule has 0 aliphatic carbocycles. The van der Waals surface area contributed by atoms with Crippen molar-refractivity contribution in [3.8, 4) is 5.75 Å². The minimum atomic E-state index is -0.460. The molecule has 0 unspecified atom stereocenters. The zero-order valence-electron chi connectivity index (χ0n) is 9.95. The molecular weight excluding hydrogens is 268 g/mol. The molecule has 19 heavy (non-hydrogen) atoms. The van der Waals surface area contributed by atoms with Crippen LogP contribution in [0, 0.1) is 10.1 Å². The second-order valence-corrected chi connectivity index (χ2v) is 4.06. The van der Waals surface area contributed by atoms with Crippen molar-refractivity contribution in [3.05, 3.63) is 64.0 Å². The summed E-state index contributed by atoms with van der Waals surface area (Å²) in [5, 5.41) is 10.7. The highest BCUT2D eigenvalue weighted by Gasteiger charge is 2.11. The van der Waals surface area contributed by atoms with Gasteiger partial charge in [0.05, 0.1) is 16.5 Å². The van der Waals surface area contributed by atoms with E-state index in [-0.39, 0.29) is 11.6 Å². The van der Waals surface area contributed by atoms with Crippen LogP contribution < -0.4 is 4.74 Å². The first-order valence-electron chi connectivity index (χ1n) is 5.56. The Bertz CT molecular complexity index is 575. The van der Waals surface area contributed by atoms with Crippen LogP contribution in [-0.2, 0) is 12.5 Å². The second kappa shape index (κ2) is 6.15. The zero-order chi connectivity index (χ0) is 13.7. The van der Waals surface area contributed by atoms with Crippen LogP contribution in [-0.4, -0.2) is 9.91 Å². The maximum atomic E-state index is 10.7. The number of non-ortho nitro benzene ring substituents is 1. The number of rotatable bonds is 5. The number of aromatic nitrogens is 1. The Kier molecular flexibility index (Phi) is 4.30. The van der Waals surface area contributed by atoms with Crippen molar-refractivity contribution >= 4 is 17.3 Å². The van der Waals surface area contributed by atoms with Gasteiger partial charge in [0.15, 0.2) is 0 Å².